The number of nitrogens with zero attached hydrogens (tertiary/aromatic N) is 1. The number of hydrogen-bond acceptors (Lipinski definition) is 6. The fourth-order valence-corrected chi connectivity index (χ4v) is 3.57. The SMILES string of the molecule is C=CC(=O)N1CCC[C@@H](N/C(N)=C(\C(=N)c2ccc(Oc3ccccc3)cc2)C(N)=O)C1. The Kier molecular flexibility index (Phi) is 7.28. The number of hydrogen-bond donors (Lipinski definition) is 4. The second kappa shape index (κ2) is 10.3. The van der Waals surface area contributed by atoms with E-state index < -0.39 is 5.91 Å². The van der Waals surface area contributed by atoms with Crippen LogP contribution in [0.4, 0.5) is 0 Å². The second-order valence-electron chi connectivity index (χ2n) is 7.44. The minimum atomic E-state index is -0.806. The number of ether oxygens (including phenoxy) is 1. The Hall–Kier alpha value is -4.07. The van der Waals surface area contributed by atoms with Crippen molar-refractivity contribution in [3.05, 3.63) is 84.2 Å². The molecule has 2 amide bonds. The molecule has 0 radical (unpaired) electrons. The van der Waals surface area contributed by atoms with Crippen molar-refractivity contribution in [3.8, 4) is 11.5 Å². The van der Waals surface area contributed by atoms with Crippen LogP contribution in [0.3, 0.4) is 0 Å². The molecule has 2 aromatic carbocycles. The van der Waals surface area contributed by atoms with Crippen LogP contribution < -0.4 is 21.5 Å². The van der Waals surface area contributed by atoms with E-state index in [1.165, 1.54) is 6.08 Å². The molecular weight excluding hydrogens is 406 g/mol. The summed E-state index contributed by atoms with van der Waals surface area (Å²) in [5, 5.41) is 11.6. The van der Waals surface area contributed by atoms with Crippen LogP contribution >= 0.6 is 0 Å². The maximum Gasteiger partial charge on any atom is 0.254 e. The third-order valence-corrected chi connectivity index (χ3v) is 5.15. The highest BCUT2D eigenvalue weighted by atomic mass is 16.5. The second-order valence-corrected chi connectivity index (χ2v) is 7.44. The third-order valence-electron chi connectivity index (χ3n) is 5.15. The predicted octanol–water partition coefficient (Wildman–Crippen LogP) is 2.27. The van der Waals surface area contributed by atoms with Crippen LogP contribution in [-0.2, 0) is 9.59 Å². The largest absolute Gasteiger partial charge is 0.457 e. The van der Waals surface area contributed by atoms with Crippen LogP contribution in [0.25, 0.3) is 0 Å². The smallest absolute Gasteiger partial charge is 0.254 e. The molecule has 0 spiro atoms. The van der Waals surface area contributed by atoms with E-state index in [2.05, 4.69) is 11.9 Å². The van der Waals surface area contributed by atoms with Gasteiger partial charge in [0, 0.05) is 24.7 Å². The van der Waals surface area contributed by atoms with Crippen molar-refractivity contribution < 1.29 is 14.3 Å². The normalized spacial score (nSPS) is 16.5. The number of piperidine rings is 1. The lowest BCUT2D eigenvalue weighted by Gasteiger charge is -2.33. The number of primary amides is 1. The maximum absolute atomic E-state index is 12.1. The summed E-state index contributed by atoms with van der Waals surface area (Å²) in [4.78, 5) is 25.7. The first kappa shape index (κ1) is 22.6. The van der Waals surface area contributed by atoms with Crippen LogP contribution in [0.1, 0.15) is 18.4 Å². The van der Waals surface area contributed by atoms with E-state index in [0.29, 0.717) is 30.2 Å². The number of para-hydroxylation sites is 1. The Labute approximate surface area is 187 Å². The third kappa shape index (κ3) is 5.54. The highest BCUT2D eigenvalue weighted by Crippen LogP contribution is 2.22. The predicted molar refractivity (Wildman–Crippen MR) is 123 cm³/mol. The molecule has 3 rings (SSSR count). The lowest BCUT2D eigenvalue weighted by atomic mass is 10.0. The molecule has 8 heteroatoms. The van der Waals surface area contributed by atoms with E-state index in [4.69, 9.17) is 21.6 Å². The molecule has 1 heterocycles. The van der Waals surface area contributed by atoms with Gasteiger partial charge in [-0.05, 0) is 55.3 Å². The highest BCUT2D eigenvalue weighted by molar-refractivity contribution is 6.26. The molecule has 0 aliphatic carbocycles. The van der Waals surface area contributed by atoms with Gasteiger partial charge in [-0.25, -0.2) is 0 Å². The molecule has 6 N–H and O–H groups in total. The van der Waals surface area contributed by atoms with Gasteiger partial charge in [0.25, 0.3) is 5.91 Å². The van der Waals surface area contributed by atoms with Gasteiger partial charge >= 0.3 is 0 Å². The Balaban J connectivity index is 1.74. The Morgan fingerprint density at radius 3 is 2.38 bits per heavy atom. The van der Waals surface area contributed by atoms with E-state index in [0.717, 1.165) is 12.8 Å². The van der Waals surface area contributed by atoms with Crippen LogP contribution in [0.15, 0.2) is 78.6 Å². The van der Waals surface area contributed by atoms with E-state index >= 15 is 0 Å². The molecule has 32 heavy (non-hydrogen) atoms. The van der Waals surface area contributed by atoms with Crippen LogP contribution in [0.2, 0.25) is 0 Å². The van der Waals surface area contributed by atoms with Crippen molar-refractivity contribution in [2.45, 2.75) is 18.9 Å². The van der Waals surface area contributed by atoms with Crippen molar-refractivity contribution in [2.75, 3.05) is 13.1 Å². The van der Waals surface area contributed by atoms with Crippen molar-refractivity contribution in [1.29, 1.82) is 5.41 Å². The molecule has 0 bridgehead atoms. The van der Waals surface area contributed by atoms with Crippen LogP contribution in [-0.4, -0.2) is 41.6 Å². The molecule has 0 unspecified atom stereocenters. The lowest BCUT2D eigenvalue weighted by molar-refractivity contribution is -0.127. The Morgan fingerprint density at radius 1 is 1.09 bits per heavy atom. The molecule has 1 atom stereocenters. The molecule has 1 aliphatic rings. The zero-order valence-electron chi connectivity index (χ0n) is 17.7. The number of nitrogens with two attached hydrogens (primary N) is 2. The van der Waals surface area contributed by atoms with Gasteiger partial charge in [0.1, 0.15) is 22.9 Å². The van der Waals surface area contributed by atoms with Gasteiger partial charge in [-0.3, -0.25) is 15.0 Å². The standard InChI is InChI=1S/C24H27N5O3/c1-2-20(30)29-14-6-7-17(15-29)28-23(26)21(24(27)31)22(25)16-10-12-19(13-11-16)32-18-8-4-3-5-9-18/h2-5,8-13,17,25,28H,1,6-7,14-15,26H2,(H2,27,31)/b23-21+,25-22?/t17-/m1/s1. The average molecular weight is 434 g/mol. The minimum Gasteiger partial charge on any atom is -0.457 e. The van der Waals surface area contributed by atoms with Gasteiger partial charge in [0.05, 0.1) is 5.71 Å². The summed E-state index contributed by atoms with van der Waals surface area (Å²) in [7, 11) is 0. The number of likely N-dealkylation sites (tertiary alicyclic amines) is 1. The van der Waals surface area contributed by atoms with Gasteiger partial charge < -0.3 is 26.4 Å². The summed E-state index contributed by atoms with van der Waals surface area (Å²) in [6.07, 6.45) is 2.83. The monoisotopic (exact) mass is 433 g/mol. The van der Waals surface area contributed by atoms with Crippen molar-refractivity contribution >= 4 is 17.5 Å². The van der Waals surface area contributed by atoms with Crippen LogP contribution in [0.5, 0.6) is 11.5 Å². The van der Waals surface area contributed by atoms with Crippen molar-refractivity contribution in [2.24, 2.45) is 11.5 Å². The Bertz CT molecular complexity index is 1030. The van der Waals surface area contributed by atoms with Gasteiger partial charge in [-0.2, -0.15) is 0 Å². The molecule has 0 saturated carbocycles. The molecule has 166 valence electrons. The zero-order chi connectivity index (χ0) is 23.1. The Morgan fingerprint density at radius 2 is 1.75 bits per heavy atom. The van der Waals surface area contributed by atoms with Crippen molar-refractivity contribution in [1.82, 2.24) is 10.2 Å². The number of rotatable bonds is 8. The number of nitrogens with one attached hydrogen (secondary N) is 2. The van der Waals surface area contributed by atoms with Gasteiger partial charge in [0.2, 0.25) is 5.91 Å². The average Bonchev–Trinajstić information content (AvgIpc) is 2.79. The molecule has 0 aromatic heterocycles. The number of amides is 2. The van der Waals surface area contributed by atoms with Gasteiger partial charge in [-0.1, -0.05) is 24.8 Å². The fraction of sp³-hybridized carbons (Fsp3) is 0.208. The minimum absolute atomic E-state index is 0.0185. The first-order valence-electron chi connectivity index (χ1n) is 10.3. The molecule has 8 nitrogen and oxygen atoms in total. The van der Waals surface area contributed by atoms with Gasteiger partial charge in [-0.15, -0.1) is 0 Å². The molecular formula is C24H27N5O3. The summed E-state index contributed by atoms with van der Waals surface area (Å²) in [6, 6.07) is 15.9. The summed E-state index contributed by atoms with van der Waals surface area (Å²) >= 11 is 0. The van der Waals surface area contributed by atoms with E-state index in [9.17, 15) is 9.59 Å². The lowest BCUT2D eigenvalue weighted by Crippen LogP contribution is -2.49. The first-order chi connectivity index (χ1) is 15.4. The first-order valence-corrected chi connectivity index (χ1v) is 10.3. The summed E-state index contributed by atoms with van der Waals surface area (Å²) < 4.78 is 5.76. The van der Waals surface area contributed by atoms with Crippen LogP contribution in [0, 0.1) is 5.41 Å². The highest BCUT2D eigenvalue weighted by Gasteiger charge is 2.25. The summed E-state index contributed by atoms with van der Waals surface area (Å²) in [5.74, 6) is 0.347. The zero-order valence-corrected chi connectivity index (χ0v) is 17.7. The topological polar surface area (TPSA) is 135 Å². The molecule has 1 aliphatic heterocycles. The van der Waals surface area contributed by atoms with E-state index in [-0.39, 0.29) is 29.1 Å². The number of carbonyl (C=O) groups excluding carboxylic acids is 2. The van der Waals surface area contributed by atoms with Crippen molar-refractivity contribution in [3.63, 3.8) is 0 Å². The number of carbonyl (C=O) groups is 2. The molecule has 1 saturated heterocycles. The van der Waals surface area contributed by atoms with E-state index in [1.54, 1.807) is 29.2 Å². The van der Waals surface area contributed by atoms with Gasteiger partial charge in [0.15, 0.2) is 0 Å². The molecule has 2 aromatic rings. The fourth-order valence-electron chi connectivity index (χ4n) is 3.57. The summed E-state index contributed by atoms with van der Waals surface area (Å²) in [5.41, 5.74) is 12.0. The maximum atomic E-state index is 12.1. The van der Waals surface area contributed by atoms with E-state index in [1.807, 2.05) is 30.3 Å². The quantitative estimate of drug-likeness (QED) is 0.374. The number of benzene rings is 2. The molecule has 1 fully saturated rings. The summed E-state index contributed by atoms with van der Waals surface area (Å²) in [6.45, 7) is 4.58.